The van der Waals surface area contributed by atoms with Gasteiger partial charge in [-0.1, -0.05) is 279 Å². The summed E-state index contributed by atoms with van der Waals surface area (Å²) in [7, 11) is 0. The maximum atomic E-state index is 6.20. The van der Waals surface area contributed by atoms with Gasteiger partial charge in [-0.2, -0.15) is 0 Å². The van der Waals surface area contributed by atoms with E-state index in [4.69, 9.17) is 26.5 Å². The van der Waals surface area contributed by atoms with Crippen LogP contribution in [0.3, 0.4) is 0 Å². The minimum atomic E-state index is 0.890. The van der Waals surface area contributed by atoms with Crippen molar-refractivity contribution in [2.45, 2.75) is 0 Å². The van der Waals surface area contributed by atoms with Crippen LogP contribution in [-0.4, -0.2) is 0 Å². The largest absolute Gasteiger partial charge is 0.456 e. The Morgan fingerprint density at radius 1 is 0.0979 bits per heavy atom. The van der Waals surface area contributed by atoms with Crippen molar-refractivity contribution in [2.24, 2.45) is 0 Å². The monoisotopic (exact) mass is 1830 g/mol. The Morgan fingerprint density at radius 2 is 0.280 bits per heavy atom. The zero-order chi connectivity index (χ0) is 94.4. The number of para-hydroxylation sites is 10. The molecule has 0 aliphatic rings. The van der Waals surface area contributed by atoms with E-state index < -0.39 is 0 Å². The summed E-state index contributed by atoms with van der Waals surface area (Å²) in [5.74, 6) is 0. The molecule has 0 unspecified atom stereocenters. The summed E-state index contributed by atoms with van der Waals surface area (Å²) in [5.41, 5.74) is 34.1. The Balaban J connectivity index is 0.000000107. The second-order valence-electron chi connectivity index (χ2n) is 36.6. The lowest BCUT2D eigenvalue weighted by atomic mass is 9.95. The van der Waals surface area contributed by atoms with E-state index in [0.29, 0.717) is 0 Å². The molecule has 0 radical (unpaired) electrons. The van der Waals surface area contributed by atoms with Crippen molar-refractivity contribution in [2.75, 3.05) is 14.7 Å². The van der Waals surface area contributed by atoms with E-state index in [1.54, 1.807) is 0 Å². The third-order valence-electron chi connectivity index (χ3n) is 27.8. The van der Waals surface area contributed by atoms with Gasteiger partial charge in [-0.25, -0.2) is 0 Å². The Bertz CT molecular complexity index is 9150. The van der Waals surface area contributed by atoms with Crippen LogP contribution in [0.4, 0.5) is 51.2 Å². The summed E-state index contributed by atoms with van der Waals surface area (Å²) in [6.45, 7) is 0. The first-order valence-corrected chi connectivity index (χ1v) is 48.3. The number of benzene rings is 23. The summed E-state index contributed by atoms with van der Waals surface area (Å²) < 4.78 is 37.1. The number of fused-ring (bicyclic) bond motifs is 20. The van der Waals surface area contributed by atoms with E-state index in [1.165, 1.54) is 21.5 Å². The average Bonchev–Trinajstić information content (AvgIpc) is 1.63. The highest BCUT2D eigenvalue weighted by atomic mass is 16.3. The van der Waals surface area contributed by atoms with Crippen LogP contribution in [0, 0.1) is 0 Å². The SMILES string of the molecule is c1ccc(N(c2cc(-c3ccc4oc5ccccc5c4c3)cc(-c3ccc4oc5ccccc5c4c3)c2)c2ccc3ccccc3c2)cc1.c1ccc(N(c2cc(-c3ccc4oc5ccccc5c4c3)cc(-c3ccc4oc5ccccc5c4c3)c2)c2ccc3ccccc3c2)cc1.c1ccc(N(c2ccccc2)c2cc(-c3ccc4oc5ccccc5c4c3)cc(-c3ccc4oc5ccccc5c4c3)c2)cc1. The number of hydrogen-bond acceptors (Lipinski definition) is 9. The Labute approximate surface area is 822 Å². The summed E-state index contributed by atoms with van der Waals surface area (Å²) in [5, 5.41) is 18.2. The molecule has 143 heavy (non-hydrogen) atoms. The van der Waals surface area contributed by atoms with E-state index in [1.807, 2.05) is 72.8 Å². The van der Waals surface area contributed by atoms with Crippen LogP contribution in [0.1, 0.15) is 0 Å². The molecular formula is C134H85N3O6. The Hall–Kier alpha value is -19.2. The quantitative estimate of drug-likeness (QED) is 0.0996. The molecule has 0 atom stereocenters. The Morgan fingerprint density at radius 3 is 0.503 bits per heavy atom. The molecule has 9 nitrogen and oxygen atoms in total. The van der Waals surface area contributed by atoms with Gasteiger partial charge in [-0.05, 0) is 325 Å². The number of hydrogen-bond donors (Lipinski definition) is 0. The van der Waals surface area contributed by atoms with Crippen LogP contribution in [0.15, 0.2) is 542 Å². The molecule has 23 aromatic carbocycles. The number of anilines is 9. The van der Waals surface area contributed by atoms with Crippen LogP contribution >= 0.6 is 0 Å². The minimum absolute atomic E-state index is 0.890. The van der Waals surface area contributed by atoms with Crippen molar-refractivity contribution < 1.29 is 26.5 Å². The normalized spacial score (nSPS) is 11.6. The lowest BCUT2D eigenvalue weighted by molar-refractivity contribution is 0.668. The predicted octanol–water partition coefficient (Wildman–Crippen LogP) is 39.2. The van der Waals surface area contributed by atoms with Gasteiger partial charge in [0.15, 0.2) is 0 Å². The molecule has 6 aromatic heterocycles. The van der Waals surface area contributed by atoms with Crippen LogP contribution in [0.25, 0.3) is 220 Å². The van der Waals surface area contributed by atoms with Gasteiger partial charge in [-0.3, -0.25) is 0 Å². The molecule has 29 rings (SSSR count). The molecule has 0 saturated carbocycles. The van der Waals surface area contributed by atoms with Crippen LogP contribution in [0.2, 0.25) is 0 Å². The zero-order valence-electron chi connectivity index (χ0n) is 77.4. The molecule has 0 bridgehead atoms. The topological polar surface area (TPSA) is 88.6 Å². The fraction of sp³-hybridized carbons (Fsp3) is 0. The van der Waals surface area contributed by atoms with E-state index in [-0.39, 0.29) is 0 Å². The number of furan rings is 6. The van der Waals surface area contributed by atoms with Gasteiger partial charge in [0.05, 0.1) is 0 Å². The van der Waals surface area contributed by atoms with E-state index in [2.05, 4.69) is 458 Å². The molecule has 6 heterocycles. The zero-order valence-corrected chi connectivity index (χ0v) is 77.4. The summed E-state index contributed by atoms with van der Waals surface area (Å²) in [4.78, 5) is 7.04. The van der Waals surface area contributed by atoms with Gasteiger partial charge in [0, 0.05) is 116 Å². The van der Waals surface area contributed by atoms with Gasteiger partial charge >= 0.3 is 0 Å². The molecule has 9 heteroatoms. The fourth-order valence-electron chi connectivity index (χ4n) is 20.9. The predicted molar refractivity (Wildman–Crippen MR) is 595 cm³/mol. The summed E-state index contributed by atoms with van der Waals surface area (Å²) in [6.07, 6.45) is 0. The molecule has 0 N–H and O–H groups in total. The van der Waals surface area contributed by atoms with Crippen molar-refractivity contribution >= 4 is 204 Å². The first kappa shape index (κ1) is 83.2. The number of nitrogens with zero attached hydrogens (tertiary/aromatic N) is 3. The highest BCUT2D eigenvalue weighted by Crippen LogP contribution is 2.49. The fourth-order valence-corrected chi connectivity index (χ4v) is 20.9. The lowest BCUT2D eigenvalue weighted by Gasteiger charge is -2.27. The van der Waals surface area contributed by atoms with E-state index >= 15 is 0 Å². The average molecular weight is 1830 g/mol. The van der Waals surface area contributed by atoms with Crippen molar-refractivity contribution in [1.29, 1.82) is 0 Å². The third kappa shape index (κ3) is 15.4. The highest BCUT2D eigenvalue weighted by molar-refractivity contribution is 6.13. The molecule has 672 valence electrons. The van der Waals surface area contributed by atoms with Crippen molar-refractivity contribution in [3.63, 3.8) is 0 Å². The first-order valence-electron chi connectivity index (χ1n) is 48.3. The molecule has 0 aliphatic carbocycles. The summed E-state index contributed by atoms with van der Waals surface area (Å²) in [6, 6.07) is 182. The van der Waals surface area contributed by atoms with Gasteiger partial charge < -0.3 is 41.2 Å². The second kappa shape index (κ2) is 35.1. The molecule has 0 saturated heterocycles. The van der Waals surface area contributed by atoms with E-state index in [9.17, 15) is 0 Å². The van der Waals surface area contributed by atoms with Crippen LogP contribution in [0.5, 0.6) is 0 Å². The third-order valence-corrected chi connectivity index (χ3v) is 27.8. The molecule has 0 amide bonds. The maximum Gasteiger partial charge on any atom is 0.135 e. The summed E-state index contributed by atoms with van der Waals surface area (Å²) >= 11 is 0. The molecule has 29 aromatic rings. The van der Waals surface area contributed by atoms with Gasteiger partial charge in [0.25, 0.3) is 0 Å². The van der Waals surface area contributed by atoms with Crippen molar-refractivity contribution in [1.82, 2.24) is 0 Å². The standard InChI is InChI=1S/2C46H29NO2.C42H27NO2/c2*1-2-12-36(13-3-1)47(37-21-18-30-10-4-5-11-31(30)25-37)38-26-34(32-19-22-45-41(28-32)39-14-6-8-16-43(39)48-45)24-35(27-38)33-20-23-46-42(29-33)40-15-7-9-17-44(40)49-46;1-3-11-32(12-4-1)43(33-13-5-2-6-14-33)34-24-30(28-19-21-41-37(26-28)35-15-7-9-17-39(35)44-41)23-31(25-34)29-20-22-42-38(27-29)36-16-8-10-18-40(36)45-42/h2*1-29H;1-27H. The van der Waals surface area contributed by atoms with E-state index in [0.717, 1.165) is 250 Å². The second-order valence-corrected chi connectivity index (χ2v) is 36.6. The van der Waals surface area contributed by atoms with Crippen molar-refractivity contribution in [3.05, 3.63) is 516 Å². The van der Waals surface area contributed by atoms with Gasteiger partial charge in [0.2, 0.25) is 0 Å². The minimum Gasteiger partial charge on any atom is -0.456 e. The highest BCUT2D eigenvalue weighted by Gasteiger charge is 2.25. The molecule has 0 spiro atoms. The number of rotatable bonds is 15. The van der Waals surface area contributed by atoms with Crippen LogP contribution in [-0.2, 0) is 0 Å². The maximum absolute atomic E-state index is 6.20. The van der Waals surface area contributed by atoms with Crippen LogP contribution < -0.4 is 14.7 Å². The van der Waals surface area contributed by atoms with Crippen molar-refractivity contribution in [3.8, 4) is 66.8 Å². The smallest absolute Gasteiger partial charge is 0.135 e. The van der Waals surface area contributed by atoms with Gasteiger partial charge in [0.1, 0.15) is 67.0 Å². The Kier molecular flexibility index (Phi) is 20.4. The molecule has 0 fully saturated rings. The molecular weight excluding hydrogens is 1750 g/mol. The molecule has 0 aliphatic heterocycles. The first-order chi connectivity index (χ1) is 70.8. The lowest BCUT2D eigenvalue weighted by Crippen LogP contribution is -2.10. The van der Waals surface area contributed by atoms with Gasteiger partial charge in [-0.15, -0.1) is 0 Å².